The van der Waals surface area contributed by atoms with E-state index >= 15 is 0 Å². The molecule has 1 aromatic rings. The predicted molar refractivity (Wildman–Crippen MR) is 128 cm³/mol. The van der Waals surface area contributed by atoms with Gasteiger partial charge in [0.1, 0.15) is 11.8 Å². The number of benzene rings is 1. The molecule has 3 atom stereocenters. The fourth-order valence-corrected chi connectivity index (χ4v) is 4.48. The van der Waals surface area contributed by atoms with Gasteiger partial charge in [0.05, 0.1) is 11.1 Å². The first-order chi connectivity index (χ1) is 15.7. The molecule has 0 radical (unpaired) electrons. The van der Waals surface area contributed by atoms with E-state index in [9.17, 15) is 24.0 Å². The first-order valence-electron chi connectivity index (χ1n) is 11.0. The van der Waals surface area contributed by atoms with Crippen LogP contribution in [0.3, 0.4) is 0 Å². The molecular formula is C23H28IN3O6. The molecule has 0 bridgehead atoms. The minimum Gasteiger partial charge on any atom is -0.483 e. The van der Waals surface area contributed by atoms with Crippen molar-refractivity contribution in [3.63, 3.8) is 0 Å². The highest BCUT2D eigenvalue weighted by molar-refractivity contribution is 14.1. The zero-order valence-electron chi connectivity index (χ0n) is 18.7. The molecule has 1 saturated heterocycles. The lowest BCUT2D eigenvalue weighted by Crippen LogP contribution is -2.54. The second kappa shape index (κ2) is 11.1. The van der Waals surface area contributed by atoms with Crippen LogP contribution in [0.25, 0.3) is 0 Å². The summed E-state index contributed by atoms with van der Waals surface area (Å²) < 4.78 is 6.68. The summed E-state index contributed by atoms with van der Waals surface area (Å²) in [5.74, 6) is -1.47. The van der Waals surface area contributed by atoms with E-state index in [1.807, 2.05) is 0 Å². The largest absolute Gasteiger partial charge is 0.483 e. The molecule has 33 heavy (non-hydrogen) atoms. The standard InChI is InChI=1S/C23H28IN3O6/c1-13(10-14(2)11-24)8-9-25-19(29)12-33-17-5-3-4-15-20(17)23(32)27(22(15)31)16-6-7-18(28)26-21(16)30/h3-5,13-14,16H,6-12H2,1-2H3,(H,25,29)(H,26,28,30). The van der Waals surface area contributed by atoms with Crippen molar-refractivity contribution in [3.05, 3.63) is 29.3 Å². The molecule has 0 aliphatic carbocycles. The lowest BCUT2D eigenvalue weighted by atomic mass is 9.96. The van der Waals surface area contributed by atoms with Crippen LogP contribution in [0.4, 0.5) is 0 Å². The van der Waals surface area contributed by atoms with Gasteiger partial charge in [0.15, 0.2) is 6.61 Å². The molecular weight excluding hydrogens is 541 g/mol. The molecule has 3 rings (SSSR count). The molecule has 1 fully saturated rings. The Balaban J connectivity index is 1.59. The highest BCUT2D eigenvalue weighted by Gasteiger charge is 2.46. The number of amides is 5. The second-order valence-corrected chi connectivity index (χ2v) is 9.53. The summed E-state index contributed by atoms with van der Waals surface area (Å²) in [6.07, 6.45) is 2.08. The van der Waals surface area contributed by atoms with E-state index in [2.05, 4.69) is 47.1 Å². The predicted octanol–water partition coefficient (Wildman–Crippen LogP) is 2.07. The summed E-state index contributed by atoms with van der Waals surface area (Å²) in [4.78, 5) is 62.6. The number of imide groups is 2. The van der Waals surface area contributed by atoms with Gasteiger partial charge in [-0.1, -0.05) is 42.5 Å². The van der Waals surface area contributed by atoms with E-state index in [0.29, 0.717) is 18.4 Å². The maximum atomic E-state index is 13.0. The fraction of sp³-hybridized carbons (Fsp3) is 0.522. The third kappa shape index (κ3) is 5.90. The number of alkyl halides is 1. The van der Waals surface area contributed by atoms with E-state index in [1.54, 1.807) is 6.07 Å². The SMILES string of the molecule is CC(CI)CC(C)CCNC(=O)COc1cccc2c1C(=O)N(C1CCC(=O)NC1=O)C2=O. The van der Waals surface area contributed by atoms with Crippen LogP contribution in [0.2, 0.25) is 0 Å². The van der Waals surface area contributed by atoms with Gasteiger partial charge in [0.2, 0.25) is 11.8 Å². The van der Waals surface area contributed by atoms with Crippen molar-refractivity contribution in [2.24, 2.45) is 11.8 Å². The number of carbonyl (C=O) groups is 5. The van der Waals surface area contributed by atoms with E-state index < -0.39 is 29.7 Å². The molecule has 178 valence electrons. The van der Waals surface area contributed by atoms with Crippen molar-refractivity contribution < 1.29 is 28.7 Å². The number of ether oxygens (including phenoxy) is 1. The second-order valence-electron chi connectivity index (χ2n) is 8.65. The molecule has 0 saturated carbocycles. The normalized spacial score (nSPS) is 19.7. The Labute approximate surface area is 206 Å². The number of fused-ring (bicyclic) bond motifs is 1. The Hall–Kier alpha value is -2.50. The molecule has 3 unspecified atom stereocenters. The quantitative estimate of drug-likeness (QED) is 0.253. The molecule has 2 N–H and O–H groups in total. The van der Waals surface area contributed by atoms with Crippen LogP contribution in [0.15, 0.2) is 18.2 Å². The highest BCUT2D eigenvalue weighted by atomic mass is 127. The summed E-state index contributed by atoms with van der Waals surface area (Å²) in [6.45, 7) is 4.61. The van der Waals surface area contributed by atoms with Crippen molar-refractivity contribution in [3.8, 4) is 5.75 Å². The molecule has 2 aliphatic rings. The number of nitrogens with one attached hydrogen (secondary N) is 2. The molecule has 9 nitrogen and oxygen atoms in total. The van der Waals surface area contributed by atoms with Crippen LogP contribution in [-0.4, -0.2) is 58.1 Å². The van der Waals surface area contributed by atoms with E-state index in [4.69, 9.17) is 4.74 Å². The number of nitrogens with zero attached hydrogens (tertiary/aromatic N) is 1. The lowest BCUT2D eigenvalue weighted by Gasteiger charge is -2.27. The molecule has 0 spiro atoms. The summed E-state index contributed by atoms with van der Waals surface area (Å²) in [6, 6.07) is 3.50. The topological polar surface area (TPSA) is 122 Å². The van der Waals surface area contributed by atoms with E-state index in [-0.39, 0.29) is 42.2 Å². The van der Waals surface area contributed by atoms with Gasteiger partial charge < -0.3 is 10.1 Å². The van der Waals surface area contributed by atoms with Gasteiger partial charge in [-0.2, -0.15) is 0 Å². The van der Waals surface area contributed by atoms with Gasteiger partial charge in [-0.15, -0.1) is 0 Å². The fourth-order valence-electron chi connectivity index (χ4n) is 4.12. The number of rotatable bonds is 10. The van der Waals surface area contributed by atoms with Gasteiger partial charge in [0, 0.05) is 17.4 Å². The Morgan fingerprint density at radius 1 is 1.21 bits per heavy atom. The lowest BCUT2D eigenvalue weighted by molar-refractivity contribution is -0.136. The molecule has 1 aromatic carbocycles. The summed E-state index contributed by atoms with van der Waals surface area (Å²) in [5, 5.41) is 4.98. The Kier molecular flexibility index (Phi) is 8.44. The van der Waals surface area contributed by atoms with Crippen LogP contribution >= 0.6 is 22.6 Å². The number of halogens is 1. The van der Waals surface area contributed by atoms with Crippen LogP contribution in [0, 0.1) is 11.8 Å². The van der Waals surface area contributed by atoms with Crippen molar-refractivity contribution in [1.29, 1.82) is 0 Å². The smallest absolute Gasteiger partial charge is 0.266 e. The van der Waals surface area contributed by atoms with Crippen molar-refractivity contribution in [2.75, 3.05) is 17.6 Å². The minimum atomic E-state index is -1.05. The van der Waals surface area contributed by atoms with Crippen LogP contribution in [0.1, 0.15) is 60.2 Å². The maximum absolute atomic E-state index is 13.0. The monoisotopic (exact) mass is 569 g/mol. The Bertz CT molecular complexity index is 966. The van der Waals surface area contributed by atoms with Gasteiger partial charge in [-0.05, 0) is 43.2 Å². The van der Waals surface area contributed by atoms with E-state index in [0.717, 1.165) is 22.2 Å². The maximum Gasteiger partial charge on any atom is 0.266 e. The van der Waals surface area contributed by atoms with Crippen molar-refractivity contribution in [2.45, 2.75) is 45.6 Å². The third-order valence-electron chi connectivity index (χ3n) is 5.82. The average molecular weight is 569 g/mol. The first-order valence-corrected chi connectivity index (χ1v) is 12.6. The van der Waals surface area contributed by atoms with Gasteiger partial charge >= 0.3 is 0 Å². The van der Waals surface area contributed by atoms with Crippen LogP contribution in [0.5, 0.6) is 5.75 Å². The molecule has 0 aromatic heterocycles. The number of hydrogen-bond acceptors (Lipinski definition) is 6. The summed E-state index contributed by atoms with van der Waals surface area (Å²) in [7, 11) is 0. The van der Waals surface area contributed by atoms with Crippen molar-refractivity contribution in [1.82, 2.24) is 15.5 Å². The van der Waals surface area contributed by atoms with Crippen LogP contribution in [-0.2, 0) is 14.4 Å². The van der Waals surface area contributed by atoms with Gasteiger partial charge in [-0.3, -0.25) is 34.2 Å². The Morgan fingerprint density at radius 2 is 1.97 bits per heavy atom. The van der Waals surface area contributed by atoms with Gasteiger partial charge in [-0.25, -0.2) is 0 Å². The zero-order valence-corrected chi connectivity index (χ0v) is 20.8. The van der Waals surface area contributed by atoms with Crippen molar-refractivity contribution >= 4 is 52.1 Å². The zero-order chi connectivity index (χ0) is 24.1. The number of piperidine rings is 1. The minimum absolute atomic E-state index is 0.0291. The highest BCUT2D eigenvalue weighted by Crippen LogP contribution is 2.33. The average Bonchev–Trinajstić information content (AvgIpc) is 3.03. The van der Waals surface area contributed by atoms with Crippen LogP contribution < -0.4 is 15.4 Å². The third-order valence-corrected chi connectivity index (χ3v) is 7.32. The number of carbonyl (C=O) groups excluding carboxylic acids is 5. The molecule has 2 aliphatic heterocycles. The Morgan fingerprint density at radius 3 is 2.67 bits per heavy atom. The first kappa shape index (κ1) is 25.1. The molecule has 2 heterocycles. The van der Waals surface area contributed by atoms with E-state index in [1.165, 1.54) is 12.1 Å². The number of hydrogen-bond donors (Lipinski definition) is 2. The molecule has 5 amide bonds. The molecule has 10 heteroatoms. The summed E-state index contributed by atoms with van der Waals surface area (Å²) in [5.41, 5.74) is 0.141. The summed E-state index contributed by atoms with van der Waals surface area (Å²) >= 11 is 2.37. The van der Waals surface area contributed by atoms with Gasteiger partial charge in [0.25, 0.3) is 17.7 Å².